The van der Waals surface area contributed by atoms with Crippen molar-refractivity contribution >= 4 is 28.7 Å². The molecule has 0 aliphatic rings. The number of likely N-dealkylation sites (N-methyl/N-ethyl adjacent to an activating group) is 1. The number of hydrogen-bond donors (Lipinski definition) is 3. The molecule has 0 aromatic carbocycles. The molecule has 0 saturated carbocycles. The third kappa shape index (κ3) is 3.47. The van der Waals surface area contributed by atoms with E-state index in [1.54, 1.807) is 18.5 Å². The number of amides is 3. The van der Waals surface area contributed by atoms with E-state index >= 15 is 0 Å². The first-order chi connectivity index (χ1) is 10.0. The second kappa shape index (κ2) is 6.21. The number of rotatable bonds is 4. The molecule has 2 rings (SSSR count). The highest BCUT2D eigenvalue weighted by Gasteiger charge is 2.09. The fourth-order valence-electron chi connectivity index (χ4n) is 1.81. The predicted molar refractivity (Wildman–Crippen MR) is 79.0 cm³/mol. The topological polar surface area (TPSA) is 101 Å². The molecule has 0 aliphatic carbocycles. The molecular formula is C13H18N6O2. The van der Waals surface area contributed by atoms with Crippen LogP contribution in [0.2, 0.25) is 0 Å². The fraction of sp³-hybridized carbons (Fsp3) is 0.385. The number of nitrogens with one attached hydrogen (secondary N) is 3. The monoisotopic (exact) mass is 290 g/mol. The lowest BCUT2D eigenvalue weighted by atomic mass is 10.3. The van der Waals surface area contributed by atoms with Crippen molar-refractivity contribution in [3.63, 3.8) is 0 Å². The van der Waals surface area contributed by atoms with Gasteiger partial charge in [-0.3, -0.25) is 4.79 Å². The van der Waals surface area contributed by atoms with E-state index in [0.29, 0.717) is 5.69 Å². The Hall–Kier alpha value is -2.64. The number of carbonyl (C=O) groups is 2. The van der Waals surface area contributed by atoms with Crippen molar-refractivity contribution in [1.29, 1.82) is 0 Å². The zero-order valence-electron chi connectivity index (χ0n) is 12.2. The number of anilines is 1. The molecule has 2 heterocycles. The van der Waals surface area contributed by atoms with Gasteiger partial charge in [-0.2, -0.15) is 5.10 Å². The third-order valence-corrected chi connectivity index (χ3v) is 2.87. The normalized spacial score (nSPS) is 10.7. The van der Waals surface area contributed by atoms with Crippen LogP contribution in [0.25, 0.3) is 11.0 Å². The highest BCUT2D eigenvalue weighted by atomic mass is 16.2. The van der Waals surface area contributed by atoms with Crippen molar-refractivity contribution in [1.82, 2.24) is 25.4 Å². The van der Waals surface area contributed by atoms with Gasteiger partial charge in [-0.25, -0.2) is 14.5 Å². The predicted octanol–water partition coefficient (Wildman–Crippen LogP) is 0.880. The van der Waals surface area contributed by atoms with Crippen LogP contribution in [0.5, 0.6) is 0 Å². The van der Waals surface area contributed by atoms with E-state index in [-0.39, 0.29) is 18.5 Å². The minimum absolute atomic E-state index is 0.0801. The first-order valence-electron chi connectivity index (χ1n) is 6.60. The second-order valence-electron chi connectivity index (χ2n) is 4.80. The van der Waals surface area contributed by atoms with Crippen LogP contribution in [0.15, 0.2) is 18.5 Å². The van der Waals surface area contributed by atoms with Crippen molar-refractivity contribution in [2.75, 3.05) is 18.9 Å². The van der Waals surface area contributed by atoms with E-state index in [4.69, 9.17) is 0 Å². The van der Waals surface area contributed by atoms with Gasteiger partial charge in [-0.15, -0.1) is 0 Å². The van der Waals surface area contributed by atoms with E-state index < -0.39 is 6.03 Å². The fourth-order valence-corrected chi connectivity index (χ4v) is 1.81. The number of carbonyl (C=O) groups excluding carboxylic acids is 2. The molecule has 2 aromatic heterocycles. The summed E-state index contributed by atoms with van der Waals surface area (Å²) in [5.41, 5.74) is 1.31. The summed E-state index contributed by atoms with van der Waals surface area (Å²) in [6, 6.07) is 1.54. The van der Waals surface area contributed by atoms with E-state index in [9.17, 15) is 9.59 Å². The molecule has 0 atom stereocenters. The van der Waals surface area contributed by atoms with Gasteiger partial charge >= 0.3 is 6.03 Å². The smallest absolute Gasteiger partial charge is 0.319 e. The Morgan fingerprint density at radius 2 is 2.10 bits per heavy atom. The summed E-state index contributed by atoms with van der Waals surface area (Å²) in [5, 5.41) is 12.6. The Bertz CT molecular complexity index is 664. The standard InChI is InChI=1S/C13H18N6O2/c1-8(2)19-12-9(5-17-19)4-10(6-15-12)18-13(21)16-7-11(20)14-3/h4-6,8H,7H2,1-3H3,(H,14,20)(H2,16,18,21). The maximum atomic E-state index is 11.6. The zero-order valence-corrected chi connectivity index (χ0v) is 12.2. The lowest BCUT2D eigenvalue weighted by molar-refractivity contribution is -0.119. The van der Waals surface area contributed by atoms with E-state index in [0.717, 1.165) is 11.0 Å². The molecule has 3 amide bonds. The third-order valence-electron chi connectivity index (χ3n) is 2.87. The summed E-state index contributed by atoms with van der Waals surface area (Å²) in [4.78, 5) is 27.0. The molecule has 8 heteroatoms. The van der Waals surface area contributed by atoms with Gasteiger partial charge in [-0.05, 0) is 19.9 Å². The summed E-state index contributed by atoms with van der Waals surface area (Å²) in [7, 11) is 1.51. The van der Waals surface area contributed by atoms with Crippen molar-refractivity contribution in [2.24, 2.45) is 0 Å². The highest BCUT2D eigenvalue weighted by molar-refractivity contribution is 5.93. The minimum atomic E-state index is -0.462. The van der Waals surface area contributed by atoms with Crippen molar-refractivity contribution in [2.45, 2.75) is 19.9 Å². The molecule has 3 N–H and O–H groups in total. The Morgan fingerprint density at radius 3 is 2.76 bits per heavy atom. The molecule has 0 radical (unpaired) electrons. The lowest BCUT2D eigenvalue weighted by Gasteiger charge is -2.08. The number of pyridine rings is 1. The van der Waals surface area contributed by atoms with E-state index in [1.807, 2.05) is 18.5 Å². The van der Waals surface area contributed by atoms with Crippen LogP contribution < -0.4 is 16.0 Å². The lowest BCUT2D eigenvalue weighted by Crippen LogP contribution is -2.37. The summed E-state index contributed by atoms with van der Waals surface area (Å²) in [5.74, 6) is -0.267. The van der Waals surface area contributed by atoms with Gasteiger partial charge in [0.25, 0.3) is 0 Å². The van der Waals surface area contributed by atoms with Gasteiger partial charge in [0.1, 0.15) is 0 Å². The number of urea groups is 1. The average Bonchev–Trinajstić information content (AvgIpc) is 2.88. The highest BCUT2D eigenvalue weighted by Crippen LogP contribution is 2.18. The summed E-state index contributed by atoms with van der Waals surface area (Å²) < 4.78 is 1.81. The quantitative estimate of drug-likeness (QED) is 0.778. The maximum Gasteiger partial charge on any atom is 0.319 e. The van der Waals surface area contributed by atoms with Gasteiger partial charge in [0.2, 0.25) is 5.91 Å². The number of nitrogens with zero attached hydrogens (tertiary/aromatic N) is 3. The van der Waals surface area contributed by atoms with Crippen LogP contribution in [-0.4, -0.2) is 40.3 Å². The van der Waals surface area contributed by atoms with Crippen LogP contribution in [-0.2, 0) is 4.79 Å². The van der Waals surface area contributed by atoms with Gasteiger partial charge in [0, 0.05) is 18.5 Å². The Balaban J connectivity index is 2.06. The molecule has 8 nitrogen and oxygen atoms in total. The summed E-state index contributed by atoms with van der Waals surface area (Å²) in [6.07, 6.45) is 3.26. The van der Waals surface area contributed by atoms with Crippen molar-refractivity contribution < 1.29 is 9.59 Å². The first kappa shape index (κ1) is 14.8. The maximum absolute atomic E-state index is 11.6. The molecule has 0 saturated heterocycles. The molecule has 0 spiro atoms. The zero-order chi connectivity index (χ0) is 15.4. The Labute approximate surface area is 121 Å². The molecule has 0 fully saturated rings. The summed E-state index contributed by atoms with van der Waals surface area (Å²) in [6.45, 7) is 3.96. The molecule has 2 aromatic rings. The Morgan fingerprint density at radius 1 is 1.33 bits per heavy atom. The number of fused-ring (bicyclic) bond motifs is 1. The van der Waals surface area contributed by atoms with Crippen LogP contribution in [0, 0.1) is 0 Å². The SMILES string of the molecule is CNC(=O)CNC(=O)Nc1cnc2c(cnn2C(C)C)c1. The largest absolute Gasteiger partial charge is 0.358 e. The van der Waals surface area contributed by atoms with Crippen LogP contribution in [0.4, 0.5) is 10.5 Å². The van der Waals surface area contributed by atoms with E-state index in [2.05, 4.69) is 26.0 Å². The van der Waals surface area contributed by atoms with Crippen LogP contribution in [0.1, 0.15) is 19.9 Å². The van der Waals surface area contributed by atoms with Gasteiger partial charge in [0.05, 0.1) is 24.6 Å². The van der Waals surface area contributed by atoms with Crippen LogP contribution in [0.3, 0.4) is 0 Å². The van der Waals surface area contributed by atoms with Crippen LogP contribution >= 0.6 is 0 Å². The molecule has 0 bridgehead atoms. The number of aromatic nitrogens is 3. The first-order valence-corrected chi connectivity index (χ1v) is 6.60. The molecule has 0 aliphatic heterocycles. The summed E-state index contributed by atoms with van der Waals surface area (Å²) >= 11 is 0. The molecule has 21 heavy (non-hydrogen) atoms. The molecule has 112 valence electrons. The second-order valence-corrected chi connectivity index (χ2v) is 4.80. The number of hydrogen-bond acceptors (Lipinski definition) is 4. The van der Waals surface area contributed by atoms with Crippen molar-refractivity contribution in [3.8, 4) is 0 Å². The van der Waals surface area contributed by atoms with Crippen molar-refractivity contribution in [3.05, 3.63) is 18.5 Å². The van der Waals surface area contributed by atoms with Gasteiger partial charge in [0.15, 0.2) is 5.65 Å². The average molecular weight is 290 g/mol. The van der Waals surface area contributed by atoms with Gasteiger partial charge < -0.3 is 16.0 Å². The van der Waals surface area contributed by atoms with Gasteiger partial charge in [-0.1, -0.05) is 0 Å². The molecular weight excluding hydrogens is 272 g/mol. The minimum Gasteiger partial charge on any atom is -0.358 e. The molecule has 0 unspecified atom stereocenters. The van der Waals surface area contributed by atoms with E-state index in [1.165, 1.54) is 7.05 Å². The Kier molecular flexibility index (Phi) is 4.36.